The maximum absolute atomic E-state index is 12.7. The summed E-state index contributed by atoms with van der Waals surface area (Å²) in [6, 6.07) is 5.24. The molecule has 0 radical (unpaired) electrons. The van der Waals surface area contributed by atoms with Crippen LogP contribution in [0.3, 0.4) is 0 Å². The van der Waals surface area contributed by atoms with Gasteiger partial charge in [-0.15, -0.1) is 0 Å². The number of fused-ring (bicyclic) bond motifs is 1. The second-order valence-corrected chi connectivity index (χ2v) is 8.13. The van der Waals surface area contributed by atoms with Gasteiger partial charge in [0.15, 0.2) is 0 Å². The van der Waals surface area contributed by atoms with Crippen LogP contribution in [0.15, 0.2) is 24.4 Å². The maximum Gasteiger partial charge on any atom is 0.338 e. The lowest BCUT2D eigenvalue weighted by Gasteiger charge is -2.53. The zero-order valence-electron chi connectivity index (χ0n) is 14.0. The number of nitrogens with two attached hydrogens (primary N) is 1. The van der Waals surface area contributed by atoms with Crippen LogP contribution in [0.5, 0.6) is 0 Å². The van der Waals surface area contributed by atoms with E-state index >= 15 is 0 Å². The minimum absolute atomic E-state index is 0.0841. The molecule has 4 fully saturated rings. The first-order valence-electron chi connectivity index (χ1n) is 9.20. The molecule has 5 nitrogen and oxygen atoms in total. The number of rotatable bonds is 3. The molecule has 2 aromatic rings. The van der Waals surface area contributed by atoms with Crippen molar-refractivity contribution in [3.8, 4) is 0 Å². The molecule has 4 saturated carbocycles. The van der Waals surface area contributed by atoms with Crippen molar-refractivity contribution in [3.63, 3.8) is 0 Å². The molecule has 1 amide bonds. The lowest BCUT2D eigenvalue weighted by atomic mass is 9.55. The van der Waals surface area contributed by atoms with Gasteiger partial charge in [-0.1, -0.05) is 6.07 Å². The van der Waals surface area contributed by atoms with Crippen molar-refractivity contribution in [2.24, 2.45) is 29.4 Å². The number of carbonyl (C=O) groups excluding carboxylic acids is 2. The average molecular weight is 338 g/mol. The molecule has 0 atom stereocenters. The predicted molar refractivity (Wildman–Crippen MR) is 93.1 cm³/mol. The summed E-state index contributed by atoms with van der Waals surface area (Å²) < 4.78 is 5.97. The standard InChI is InChI=1S/C20H22N2O3/c21-19(23)16-9-22-17-8-12(1-2-15(16)17)20(24)25-18-13-4-10-3-11(6-13)7-14(18)5-10/h1-2,8-11,13-14,18,22H,3-7H2,(H2,21,23). The Labute approximate surface area is 145 Å². The van der Waals surface area contributed by atoms with Gasteiger partial charge in [-0.3, -0.25) is 4.79 Å². The third-order valence-electron chi connectivity index (χ3n) is 6.57. The van der Waals surface area contributed by atoms with E-state index < -0.39 is 5.91 Å². The molecular weight excluding hydrogens is 316 g/mol. The van der Waals surface area contributed by atoms with Gasteiger partial charge < -0.3 is 15.5 Å². The van der Waals surface area contributed by atoms with Crippen LogP contribution in [0.2, 0.25) is 0 Å². The average Bonchev–Trinajstić information content (AvgIpc) is 3.00. The van der Waals surface area contributed by atoms with E-state index in [2.05, 4.69) is 4.98 Å². The van der Waals surface area contributed by atoms with Gasteiger partial charge in [0, 0.05) is 17.1 Å². The minimum Gasteiger partial charge on any atom is -0.458 e. The van der Waals surface area contributed by atoms with Crippen molar-refractivity contribution in [3.05, 3.63) is 35.5 Å². The van der Waals surface area contributed by atoms with E-state index in [1.54, 1.807) is 24.4 Å². The fraction of sp³-hybridized carbons (Fsp3) is 0.500. The third-order valence-corrected chi connectivity index (χ3v) is 6.57. The molecule has 1 aromatic heterocycles. The van der Waals surface area contributed by atoms with Crippen LogP contribution in [0.4, 0.5) is 0 Å². The van der Waals surface area contributed by atoms with Crippen LogP contribution in [-0.4, -0.2) is 23.0 Å². The topological polar surface area (TPSA) is 85.2 Å². The van der Waals surface area contributed by atoms with Crippen molar-refractivity contribution >= 4 is 22.8 Å². The second kappa shape index (κ2) is 5.35. The van der Waals surface area contributed by atoms with E-state index in [1.807, 2.05) is 0 Å². The number of ether oxygens (including phenoxy) is 1. The van der Waals surface area contributed by atoms with Crippen molar-refractivity contribution < 1.29 is 14.3 Å². The van der Waals surface area contributed by atoms with E-state index in [0.29, 0.717) is 23.0 Å². The summed E-state index contributed by atoms with van der Waals surface area (Å²) in [7, 11) is 0. The number of H-pyrrole nitrogens is 1. The molecule has 0 aliphatic heterocycles. The summed E-state index contributed by atoms with van der Waals surface area (Å²) in [6.07, 6.45) is 7.95. The number of esters is 1. The predicted octanol–water partition coefficient (Wildman–Crippen LogP) is 3.25. The highest BCUT2D eigenvalue weighted by Gasteiger charge is 2.49. The Kier molecular flexibility index (Phi) is 3.21. The normalized spacial score (nSPS) is 32.9. The number of primary amides is 1. The highest BCUT2D eigenvalue weighted by Crippen LogP contribution is 2.54. The van der Waals surface area contributed by atoms with Crippen molar-refractivity contribution in [1.82, 2.24) is 4.98 Å². The van der Waals surface area contributed by atoms with Crippen LogP contribution in [0.25, 0.3) is 10.9 Å². The van der Waals surface area contributed by atoms with Gasteiger partial charge in [0.2, 0.25) is 0 Å². The molecule has 0 spiro atoms. The number of nitrogens with one attached hydrogen (secondary N) is 1. The largest absolute Gasteiger partial charge is 0.458 e. The second-order valence-electron chi connectivity index (χ2n) is 8.13. The smallest absolute Gasteiger partial charge is 0.338 e. The first kappa shape index (κ1) is 15.0. The number of carbonyl (C=O) groups is 2. The van der Waals surface area contributed by atoms with Crippen molar-refractivity contribution in [2.75, 3.05) is 0 Å². The lowest BCUT2D eigenvalue weighted by molar-refractivity contribution is -0.101. The first-order chi connectivity index (χ1) is 12.1. The Hall–Kier alpha value is -2.30. The Morgan fingerprint density at radius 2 is 1.72 bits per heavy atom. The number of amides is 1. The van der Waals surface area contributed by atoms with Gasteiger partial charge in [0.25, 0.3) is 5.91 Å². The Morgan fingerprint density at radius 3 is 2.36 bits per heavy atom. The Morgan fingerprint density at radius 1 is 1.04 bits per heavy atom. The number of aromatic amines is 1. The van der Waals surface area contributed by atoms with Gasteiger partial charge in [-0.05, 0) is 67.9 Å². The van der Waals surface area contributed by atoms with Gasteiger partial charge >= 0.3 is 5.97 Å². The van der Waals surface area contributed by atoms with Crippen LogP contribution in [0, 0.1) is 23.7 Å². The van der Waals surface area contributed by atoms with Crippen LogP contribution >= 0.6 is 0 Å². The molecule has 3 N–H and O–H groups in total. The summed E-state index contributed by atoms with van der Waals surface area (Å²) in [5, 5.41) is 0.735. The summed E-state index contributed by atoms with van der Waals surface area (Å²) in [4.78, 5) is 27.1. The fourth-order valence-electron chi connectivity index (χ4n) is 5.72. The van der Waals surface area contributed by atoms with E-state index in [1.165, 1.54) is 32.1 Å². The zero-order valence-corrected chi connectivity index (χ0v) is 14.0. The molecule has 1 heterocycles. The van der Waals surface area contributed by atoms with Crippen molar-refractivity contribution in [1.29, 1.82) is 0 Å². The number of hydrogen-bond donors (Lipinski definition) is 2. The van der Waals surface area contributed by atoms with E-state index in [9.17, 15) is 9.59 Å². The number of hydrogen-bond acceptors (Lipinski definition) is 3. The third kappa shape index (κ3) is 2.36. The monoisotopic (exact) mass is 338 g/mol. The highest BCUT2D eigenvalue weighted by atomic mass is 16.5. The molecule has 0 unspecified atom stereocenters. The summed E-state index contributed by atoms with van der Waals surface area (Å²) in [5.74, 6) is 2.09. The number of aromatic nitrogens is 1. The molecule has 1 aromatic carbocycles. The van der Waals surface area contributed by atoms with Crippen LogP contribution in [0.1, 0.15) is 52.8 Å². The van der Waals surface area contributed by atoms with Gasteiger partial charge in [0.05, 0.1) is 11.1 Å². The lowest BCUT2D eigenvalue weighted by Crippen LogP contribution is -2.50. The van der Waals surface area contributed by atoms with Crippen LogP contribution < -0.4 is 5.73 Å². The molecular formula is C20H22N2O3. The Bertz CT molecular complexity index is 841. The molecule has 130 valence electrons. The molecule has 4 aliphatic carbocycles. The molecule has 6 rings (SSSR count). The maximum atomic E-state index is 12.7. The van der Waals surface area contributed by atoms with Gasteiger partial charge in [-0.2, -0.15) is 0 Å². The summed E-state index contributed by atoms with van der Waals surface area (Å²) in [6.45, 7) is 0. The van der Waals surface area contributed by atoms with Crippen LogP contribution in [-0.2, 0) is 4.74 Å². The highest BCUT2D eigenvalue weighted by molar-refractivity contribution is 6.07. The number of benzene rings is 1. The zero-order chi connectivity index (χ0) is 17.1. The molecule has 0 saturated heterocycles. The molecule has 5 heteroatoms. The van der Waals surface area contributed by atoms with E-state index in [-0.39, 0.29) is 12.1 Å². The fourth-order valence-corrected chi connectivity index (χ4v) is 5.72. The van der Waals surface area contributed by atoms with Gasteiger partial charge in [0.1, 0.15) is 6.10 Å². The van der Waals surface area contributed by atoms with Gasteiger partial charge in [-0.25, -0.2) is 4.79 Å². The van der Waals surface area contributed by atoms with Crippen molar-refractivity contribution in [2.45, 2.75) is 38.2 Å². The molecule has 25 heavy (non-hydrogen) atoms. The molecule has 4 aliphatic rings. The SMILES string of the molecule is NC(=O)c1c[nH]c2cc(C(=O)OC3C4CC5CC(C4)CC3C5)ccc12. The summed E-state index contributed by atoms with van der Waals surface area (Å²) in [5.41, 5.74) is 7.06. The quantitative estimate of drug-likeness (QED) is 0.843. The van der Waals surface area contributed by atoms with E-state index in [4.69, 9.17) is 10.5 Å². The summed E-state index contributed by atoms with van der Waals surface area (Å²) >= 11 is 0. The Balaban J connectivity index is 1.38. The first-order valence-corrected chi connectivity index (χ1v) is 9.20. The molecule has 4 bridgehead atoms. The minimum atomic E-state index is -0.477. The van der Waals surface area contributed by atoms with E-state index in [0.717, 1.165) is 22.7 Å².